The molecule has 4 nitrogen and oxygen atoms in total. The van der Waals surface area contributed by atoms with Crippen molar-refractivity contribution in [1.82, 2.24) is 4.98 Å². The third kappa shape index (κ3) is 1.89. The minimum atomic E-state index is 0.613. The minimum absolute atomic E-state index is 0.613. The van der Waals surface area contributed by atoms with E-state index in [1.165, 1.54) is 5.69 Å². The molecule has 94 valence electrons. The van der Waals surface area contributed by atoms with E-state index in [-0.39, 0.29) is 0 Å². The predicted octanol–water partition coefficient (Wildman–Crippen LogP) is 2.54. The number of anilines is 3. The number of nitriles is 1. The second kappa shape index (κ2) is 4.62. The zero-order valence-corrected chi connectivity index (χ0v) is 10.7. The molecule has 2 heterocycles. The summed E-state index contributed by atoms with van der Waals surface area (Å²) in [4.78, 5) is 8.72. The van der Waals surface area contributed by atoms with Gasteiger partial charge in [-0.1, -0.05) is 12.1 Å². The molecule has 1 aromatic carbocycles. The van der Waals surface area contributed by atoms with Gasteiger partial charge in [-0.25, -0.2) is 4.98 Å². The summed E-state index contributed by atoms with van der Waals surface area (Å²) in [7, 11) is 2.08. The van der Waals surface area contributed by atoms with Gasteiger partial charge in [0.15, 0.2) is 5.82 Å². The van der Waals surface area contributed by atoms with E-state index in [4.69, 9.17) is 0 Å². The molecule has 4 heteroatoms. The molecule has 0 saturated heterocycles. The molecule has 0 atom stereocenters. The molecule has 19 heavy (non-hydrogen) atoms. The second-order valence-electron chi connectivity index (χ2n) is 4.55. The van der Waals surface area contributed by atoms with Crippen molar-refractivity contribution in [2.45, 2.75) is 0 Å². The van der Waals surface area contributed by atoms with Crippen LogP contribution in [0.3, 0.4) is 0 Å². The molecule has 2 aromatic rings. The first-order chi connectivity index (χ1) is 9.31. The Hall–Kier alpha value is -2.54. The van der Waals surface area contributed by atoms with Gasteiger partial charge in [-0.2, -0.15) is 5.26 Å². The lowest BCUT2D eigenvalue weighted by Gasteiger charge is -2.36. The summed E-state index contributed by atoms with van der Waals surface area (Å²) < 4.78 is 0. The van der Waals surface area contributed by atoms with Crippen LogP contribution >= 0.6 is 0 Å². The van der Waals surface area contributed by atoms with Crippen molar-refractivity contribution in [3.05, 3.63) is 48.2 Å². The van der Waals surface area contributed by atoms with Gasteiger partial charge in [-0.05, 0) is 24.3 Å². The maximum Gasteiger partial charge on any atom is 0.151 e. The van der Waals surface area contributed by atoms with Crippen LogP contribution in [0.1, 0.15) is 5.56 Å². The zero-order chi connectivity index (χ0) is 13.2. The fourth-order valence-electron chi connectivity index (χ4n) is 2.43. The van der Waals surface area contributed by atoms with Crippen LogP contribution in [0.15, 0.2) is 42.6 Å². The Morgan fingerprint density at radius 2 is 1.89 bits per heavy atom. The molecule has 0 N–H and O–H groups in total. The molecule has 0 aliphatic carbocycles. The quantitative estimate of drug-likeness (QED) is 0.780. The van der Waals surface area contributed by atoms with Gasteiger partial charge in [0.25, 0.3) is 0 Å². The van der Waals surface area contributed by atoms with Gasteiger partial charge in [0.1, 0.15) is 6.07 Å². The van der Waals surface area contributed by atoms with Crippen molar-refractivity contribution >= 4 is 17.2 Å². The highest BCUT2D eigenvalue weighted by atomic mass is 15.3. The molecule has 0 unspecified atom stereocenters. The van der Waals surface area contributed by atoms with E-state index < -0.39 is 0 Å². The Balaban J connectivity index is 2.13. The number of aromatic nitrogens is 1. The van der Waals surface area contributed by atoms with E-state index in [1.807, 2.05) is 18.2 Å². The Bertz CT molecular complexity index is 645. The molecule has 0 bridgehead atoms. The lowest BCUT2D eigenvalue weighted by molar-refractivity contribution is 0.812. The van der Waals surface area contributed by atoms with Crippen LogP contribution in [0.4, 0.5) is 17.2 Å². The number of hydrogen-bond acceptors (Lipinski definition) is 4. The number of hydrogen-bond donors (Lipinski definition) is 0. The van der Waals surface area contributed by atoms with Gasteiger partial charge >= 0.3 is 0 Å². The lowest BCUT2D eigenvalue weighted by Crippen LogP contribution is -2.37. The van der Waals surface area contributed by atoms with Gasteiger partial charge < -0.3 is 9.80 Å². The van der Waals surface area contributed by atoms with Crippen LogP contribution in [0.2, 0.25) is 0 Å². The van der Waals surface area contributed by atoms with E-state index in [2.05, 4.69) is 40.0 Å². The molecular formula is C15H14N4. The SMILES string of the molecule is CN1CCN(c2ncccc2C#N)c2ccccc21. The monoisotopic (exact) mass is 250 g/mol. The summed E-state index contributed by atoms with van der Waals surface area (Å²) in [6.07, 6.45) is 1.73. The molecule has 0 radical (unpaired) electrons. The fraction of sp³-hybridized carbons (Fsp3) is 0.200. The summed E-state index contributed by atoms with van der Waals surface area (Å²) in [5, 5.41) is 9.22. The standard InChI is InChI=1S/C15H14N4/c1-18-9-10-19(14-7-3-2-6-13(14)18)15-12(11-16)5-4-8-17-15/h2-8H,9-10H2,1H3. The smallest absolute Gasteiger partial charge is 0.151 e. The third-order valence-electron chi connectivity index (χ3n) is 3.41. The lowest BCUT2D eigenvalue weighted by atomic mass is 10.1. The van der Waals surface area contributed by atoms with E-state index >= 15 is 0 Å². The van der Waals surface area contributed by atoms with Gasteiger partial charge in [0.05, 0.1) is 16.9 Å². The van der Waals surface area contributed by atoms with Crippen LogP contribution in [0, 0.1) is 11.3 Å². The third-order valence-corrected chi connectivity index (χ3v) is 3.41. The average molecular weight is 250 g/mol. The topological polar surface area (TPSA) is 43.2 Å². The van der Waals surface area contributed by atoms with E-state index in [0.717, 1.165) is 24.6 Å². The number of benzene rings is 1. The van der Waals surface area contributed by atoms with Crippen LogP contribution in [-0.4, -0.2) is 25.1 Å². The number of likely N-dealkylation sites (N-methyl/N-ethyl adjacent to an activating group) is 1. The molecule has 0 spiro atoms. The first-order valence-corrected chi connectivity index (χ1v) is 6.24. The largest absolute Gasteiger partial charge is 0.371 e. The normalized spacial score (nSPS) is 13.9. The number of para-hydroxylation sites is 2. The highest BCUT2D eigenvalue weighted by Gasteiger charge is 2.23. The predicted molar refractivity (Wildman–Crippen MR) is 75.7 cm³/mol. The number of nitrogens with zero attached hydrogens (tertiary/aromatic N) is 4. The average Bonchev–Trinajstić information content (AvgIpc) is 2.48. The van der Waals surface area contributed by atoms with Gasteiger partial charge in [-0.3, -0.25) is 0 Å². The Labute approximate surface area is 112 Å². The maximum atomic E-state index is 9.22. The van der Waals surface area contributed by atoms with E-state index in [9.17, 15) is 5.26 Å². The summed E-state index contributed by atoms with van der Waals surface area (Å²) in [6, 6.07) is 14.0. The van der Waals surface area contributed by atoms with E-state index in [1.54, 1.807) is 12.3 Å². The van der Waals surface area contributed by atoms with Crippen molar-refractivity contribution in [3.8, 4) is 6.07 Å². The first kappa shape index (κ1) is 11.5. The molecule has 3 rings (SSSR count). The second-order valence-corrected chi connectivity index (χ2v) is 4.55. The number of rotatable bonds is 1. The molecule has 0 saturated carbocycles. The van der Waals surface area contributed by atoms with Crippen molar-refractivity contribution < 1.29 is 0 Å². The Morgan fingerprint density at radius 1 is 1.11 bits per heavy atom. The van der Waals surface area contributed by atoms with Crippen molar-refractivity contribution in [1.29, 1.82) is 5.26 Å². The van der Waals surface area contributed by atoms with Gasteiger partial charge in [0.2, 0.25) is 0 Å². The van der Waals surface area contributed by atoms with E-state index in [0.29, 0.717) is 5.56 Å². The Morgan fingerprint density at radius 3 is 2.68 bits per heavy atom. The molecular weight excluding hydrogens is 236 g/mol. The summed E-state index contributed by atoms with van der Waals surface area (Å²) in [6.45, 7) is 1.75. The van der Waals surface area contributed by atoms with Crippen molar-refractivity contribution in [2.24, 2.45) is 0 Å². The van der Waals surface area contributed by atoms with Crippen LogP contribution in [0.5, 0.6) is 0 Å². The molecule has 1 aromatic heterocycles. The summed E-state index contributed by atoms with van der Waals surface area (Å²) >= 11 is 0. The Kier molecular flexibility index (Phi) is 2.81. The van der Waals surface area contributed by atoms with Crippen molar-refractivity contribution in [2.75, 3.05) is 29.9 Å². The summed E-state index contributed by atoms with van der Waals surface area (Å²) in [5.41, 5.74) is 2.89. The molecule has 0 fully saturated rings. The van der Waals surface area contributed by atoms with Crippen LogP contribution in [-0.2, 0) is 0 Å². The molecule has 0 amide bonds. The van der Waals surface area contributed by atoms with Crippen LogP contribution in [0.25, 0.3) is 0 Å². The van der Waals surface area contributed by atoms with Crippen molar-refractivity contribution in [3.63, 3.8) is 0 Å². The van der Waals surface area contributed by atoms with Gasteiger partial charge in [-0.15, -0.1) is 0 Å². The van der Waals surface area contributed by atoms with Gasteiger partial charge in [0, 0.05) is 26.3 Å². The molecule has 1 aliphatic rings. The highest BCUT2D eigenvalue weighted by Crippen LogP contribution is 2.36. The fourth-order valence-corrected chi connectivity index (χ4v) is 2.43. The number of fused-ring (bicyclic) bond motifs is 1. The van der Waals surface area contributed by atoms with Crippen LogP contribution < -0.4 is 9.80 Å². The maximum absolute atomic E-state index is 9.22. The molecule has 1 aliphatic heterocycles. The summed E-state index contributed by atoms with van der Waals surface area (Å²) in [5.74, 6) is 0.741. The zero-order valence-electron chi connectivity index (χ0n) is 10.7. The highest BCUT2D eigenvalue weighted by molar-refractivity contribution is 5.79. The minimum Gasteiger partial charge on any atom is -0.371 e. The first-order valence-electron chi connectivity index (χ1n) is 6.24. The number of pyridine rings is 1.